The number of carbonyl (C=O) groups excluding carboxylic acids is 1. The summed E-state index contributed by atoms with van der Waals surface area (Å²) in [6, 6.07) is 6.23. The zero-order valence-electron chi connectivity index (χ0n) is 14.6. The van der Waals surface area contributed by atoms with E-state index in [4.69, 9.17) is 0 Å². The molecular formula is C18H21N5O3. The summed E-state index contributed by atoms with van der Waals surface area (Å²) in [6.07, 6.45) is 6.96. The van der Waals surface area contributed by atoms with Crippen LogP contribution in [-0.4, -0.2) is 56.6 Å². The largest absolute Gasteiger partial charge is 0.337 e. The number of piperazine rings is 1. The number of nitrogens with zero attached hydrogens (tertiary/aromatic N) is 5. The van der Waals surface area contributed by atoms with Gasteiger partial charge in [0.05, 0.1) is 11.1 Å². The molecule has 8 nitrogen and oxygen atoms in total. The first-order valence-corrected chi connectivity index (χ1v) is 8.42. The van der Waals surface area contributed by atoms with Crippen LogP contribution in [0.3, 0.4) is 0 Å². The van der Waals surface area contributed by atoms with Crippen LogP contribution in [0.25, 0.3) is 6.08 Å². The zero-order valence-corrected chi connectivity index (χ0v) is 14.6. The number of aromatic nitrogens is 2. The summed E-state index contributed by atoms with van der Waals surface area (Å²) in [5.74, 6) is -0.0717. The normalized spacial score (nSPS) is 15.5. The summed E-state index contributed by atoms with van der Waals surface area (Å²) >= 11 is 0. The molecule has 3 rings (SSSR count). The molecule has 8 heteroatoms. The molecule has 0 radical (unpaired) electrons. The molecule has 1 amide bonds. The minimum atomic E-state index is -0.444. The van der Waals surface area contributed by atoms with Crippen molar-refractivity contribution in [1.29, 1.82) is 0 Å². The van der Waals surface area contributed by atoms with Gasteiger partial charge in [0, 0.05) is 69.7 Å². The lowest BCUT2D eigenvalue weighted by atomic mass is 10.2. The molecule has 0 saturated carbocycles. The predicted octanol–water partition coefficient (Wildman–Crippen LogP) is 1.69. The van der Waals surface area contributed by atoms with Gasteiger partial charge in [-0.1, -0.05) is 12.1 Å². The Hall–Kier alpha value is -3.00. The summed E-state index contributed by atoms with van der Waals surface area (Å²) in [5.41, 5.74) is 1.82. The average Bonchev–Trinajstić information content (AvgIpc) is 3.05. The van der Waals surface area contributed by atoms with Crippen LogP contribution in [0.2, 0.25) is 0 Å². The highest BCUT2D eigenvalue weighted by Gasteiger charge is 2.20. The van der Waals surface area contributed by atoms with Crippen molar-refractivity contribution in [2.24, 2.45) is 7.05 Å². The van der Waals surface area contributed by atoms with Gasteiger partial charge in [-0.25, -0.2) is 0 Å². The molecule has 0 N–H and O–H groups in total. The second kappa shape index (κ2) is 7.92. The van der Waals surface area contributed by atoms with Gasteiger partial charge in [-0.2, -0.15) is 5.10 Å². The molecular weight excluding hydrogens is 334 g/mol. The monoisotopic (exact) mass is 355 g/mol. The summed E-state index contributed by atoms with van der Waals surface area (Å²) < 4.78 is 1.79. The van der Waals surface area contributed by atoms with Crippen LogP contribution in [0.4, 0.5) is 5.69 Å². The van der Waals surface area contributed by atoms with Gasteiger partial charge in [0.1, 0.15) is 0 Å². The molecule has 1 aliphatic heterocycles. The summed E-state index contributed by atoms with van der Waals surface area (Å²) in [5, 5.41) is 15.0. The topological polar surface area (TPSA) is 84.5 Å². The molecule has 1 aromatic carbocycles. The number of nitro groups is 1. The van der Waals surface area contributed by atoms with Gasteiger partial charge < -0.3 is 4.90 Å². The van der Waals surface area contributed by atoms with Gasteiger partial charge in [-0.15, -0.1) is 0 Å². The molecule has 0 unspecified atom stereocenters. The first-order chi connectivity index (χ1) is 12.5. The fourth-order valence-corrected chi connectivity index (χ4v) is 2.95. The summed E-state index contributed by atoms with van der Waals surface area (Å²) in [7, 11) is 1.90. The van der Waals surface area contributed by atoms with Crippen molar-refractivity contribution < 1.29 is 9.72 Å². The van der Waals surface area contributed by atoms with Gasteiger partial charge in [-0.3, -0.25) is 24.5 Å². The van der Waals surface area contributed by atoms with E-state index in [2.05, 4.69) is 10.00 Å². The number of benzene rings is 1. The average molecular weight is 355 g/mol. The molecule has 1 fully saturated rings. The molecule has 0 spiro atoms. The third kappa shape index (κ3) is 4.54. The number of nitro benzene ring substituents is 1. The molecule has 0 atom stereocenters. The summed E-state index contributed by atoms with van der Waals surface area (Å²) in [4.78, 5) is 26.8. The fourth-order valence-electron chi connectivity index (χ4n) is 2.95. The van der Waals surface area contributed by atoms with E-state index < -0.39 is 4.92 Å². The number of aryl methyl sites for hydroxylation is 1. The highest BCUT2D eigenvalue weighted by molar-refractivity contribution is 5.91. The molecule has 2 aromatic rings. The van der Waals surface area contributed by atoms with Crippen LogP contribution in [-0.2, 0) is 18.4 Å². The Balaban J connectivity index is 1.52. The highest BCUT2D eigenvalue weighted by atomic mass is 16.6. The number of hydrogen-bond acceptors (Lipinski definition) is 5. The number of rotatable bonds is 5. The third-order valence-electron chi connectivity index (χ3n) is 4.35. The number of amides is 1. The second-order valence-corrected chi connectivity index (χ2v) is 6.31. The van der Waals surface area contributed by atoms with Gasteiger partial charge in [0.25, 0.3) is 5.69 Å². The smallest absolute Gasteiger partial charge is 0.270 e. The van der Waals surface area contributed by atoms with E-state index in [1.807, 2.05) is 19.4 Å². The van der Waals surface area contributed by atoms with Gasteiger partial charge in [-0.05, 0) is 11.6 Å². The molecule has 1 aliphatic rings. The maximum Gasteiger partial charge on any atom is 0.270 e. The highest BCUT2D eigenvalue weighted by Crippen LogP contribution is 2.14. The molecule has 0 aliphatic carbocycles. The van der Waals surface area contributed by atoms with Crippen LogP contribution in [0.15, 0.2) is 42.7 Å². The minimum absolute atomic E-state index is 0.0172. The van der Waals surface area contributed by atoms with Gasteiger partial charge >= 0.3 is 0 Å². The lowest BCUT2D eigenvalue weighted by Crippen LogP contribution is -2.47. The van der Waals surface area contributed by atoms with Crippen molar-refractivity contribution in [1.82, 2.24) is 19.6 Å². The minimum Gasteiger partial charge on any atom is -0.337 e. The molecule has 2 heterocycles. The Kier molecular flexibility index (Phi) is 5.43. The van der Waals surface area contributed by atoms with Crippen LogP contribution in [0, 0.1) is 10.1 Å². The number of hydrogen-bond donors (Lipinski definition) is 0. The van der Waals surface area contributed by atoms with Crippen LogP contribution < -0.4 is 0 Å². The van der Waals surface area contributed by atoms with Crippen molar-refractivity contribution in [3.05, 3.63) is 64.0 Å². The third-order valence-corrected chi connectivity index (χ3v) is 4.35. The van der Waals surface area contributed by atoms with Crippen LogP contribution >= 0.6 is 0 Å². The Morgan fingerprint density at radius 2 is 2.08 bits per heavy atom. The maximum absolute atomic E-state index is 12.3. The van der Waals surface area contributed by atoms with E-state index in [1.165, 1.54) is 18.2 Å². The lowest BCUT2D eigenvalue weighted by Gasteiger charge is -2.34. The van der Waals surface area contributed by atoms with E-state index in [0.29, 0.717) is 18.7 Å². The zero-order chi connectivity index (χ0) is 18.5. The fraction of sp³-hybridized carbons (Fsp3) is 0.333. The number of non-ortho nitro benzene ring substituents is 1. The second-order valence-electron chi connectivity index (χ2n) is 6.31. The Bertz CT molecular complexity index is 822. The van der Waals surface area contributed by atoms with Gasteiger partial charge in [0.15, 0.2) is 0 Å². The summed E-state index contributed by atoms with van der Waals surface area (Å²) in [6.45, 7) is 3.78. The Morgan fingerprint density at radius 3 is 2.73 bits per heavy atom. The van der Waals surface area contributed by atoms with Crippen molar-refractivity contribution in [3.63, 3.8) is 0 Å². The van der Waals surface area contributed by atoms with E-state index in [9.17, 15) is 14.9 Å². The van der Waals surface area contributed by atoms with Crippen molar-refractivity contribution in [3.8, 4) is 0 Å². The van der Waals surface area contributed by atoms with Crippen LogP contribution in [0.1, 0.15) is 11.1 Å². The van der Waals surface area contributed by atoms with Crippen molar-refractivity contribution in [2.75, 3.05) is 26.2 Å². The Morgan fingerprint density at radius 1 is 1.31 bits per heavy atom. The first kappa shape index (κ1) is 17.8. The Labute approximate surface area is 151 Å². The van der Waals surface area contributed by atoms with Crippen molar-refractivity contribution >= 4 is 17.7 Å². The SMILES string of the molecule is Cn1cc(CN2CCN(C(=O)/C=C/c3cccc([N+](=O)[O-])c3)CC2)cn1. The molecule has 1 saturated heterocycles. The van der Waals surface area contributed by atoms with Crippen LogP contribution in [0.5, 0.6) is 0 Å². The van der Waals surface area contributed by atoms with E-state index >= 15 is 0 Å². The quantitative estimate of drug-likeness (QED) is 0.463. The number of carbonyl (C=O) groups is 1. The van der Waals surface area contributed by atoms with E-state index in [1.54, 1.807) is 27.8 Å². The lowest BCUT2D eigenvalue weighted by molar-refractivity contribution is -0.384. The van der Waals surface area contributed by atoms with E-state index in [0.717, 1.165) is 25.2 Å². The van der Waals surface area contributed by atoms with E-state index in [-0.39, 0.29) is 11.6 Å². The molecule has 136 valence electrons. The first-order valence-electron chi connectivity index (χ1n) is 8.42. The molecule has 1 aromatic heterocycles. The maximum atomic E-state index is 12.3. The standard InChI is InChI=1S/C18H21N5O3/c1-20-13-16(12-19-20)14-21-7-9-22(10-8-21)18(24)6-5-15-3-2-4-17(11-15)23(25)26/h2-6,11-13H,7-10,14H2,1H3/b6-5+. The van der Waals surface area contributed by atoms with Gasteiger partial charge in [0.2, 0.25) is 5.91 Å². The van der Waals surface area contributed by atoms with Crippen molar-refractivity contribution in [2.45, 2.75) is 6.54 Å². The molecule has 26 heavy (non-hydrogen) atoms. The molecule has 0 bridgehead atoms. The predicted molar refractivity (Wildman–Crippen MR) is 97.2 cm³/mol.